The summed E-state index contributed by atoms with van der Waals surface area (Å²) < 4.78 is 0. The molecule has 25 heavy (non-hydrogen) atoms. The number of nitrogens with one attached hydrogen (secondary N) is 1. The van der Waals surface area contributed by atoms with Crippen molar-refractivity contribution in [1.29, 1.82) is 0 Å². The Bertz CT molecular complexity index is 1070. The third-order valence-corrected chi connectivity index (χ3v) is 6.09. The van der Waals surface area contributed by atoms with Gasteiger partial charge in [-0.25, -0.2) is 4.98 Å². The lowest BCUT2D eigenvalue weighted by atomic mass is 9.97. The number of aromatic nitrogens is 2. The fraction of sp³-hybridized carbons (Fsp3) is 0.222. The van der Waals surface area contributed by atoms with E-state index in [2.05, 4.69) is 9.97 Å². The summed E-state index contributed by atoms with van der Waals surface area (Å²) in [7, 11) is 0. The maximum absolute atomic E-state index is 12.6. The van der Waals surface area contributed by atoms with Gasteiger partial charge in [-0.15, -0.1) is 11.3 Å². The number of nitrogens with zero attached hydrogens (tertiary/aromatic N) is 1. The van der Waals surface area contributed by atoms with Crippen LogP contribution < -0.4 is 5.56 Å². The first-order chi connectivity index (χ1) is 12.0. The van der Waals surface area contributed by atoms with Gasteiger partial charge in [-0.3, -0.25) is 4.79 Å². The summed E-state index contributed by atoms with van der Waals surface area (Å²) >= 11 is 13.9. The first-order valence-corrected chi connectivity index (χ1v) is 9.51. The lowest BCUT2D eigenvalue weighted by molar-refractivity contribution is 0.475. The number of benzene rings is 1. The van der Waals surface area contributed by atoms with Crippen LogP contribution in [0.25, 0.3) is 21.3 Å². The number of H-pyrrole nitrogens is 1. The fourth-order valence-corrected chi connectivity index (χ4v) is 4.77. The predicted molar refractivity (Wildman–Crippen MR) is 104 cm³/mol. The lowest BCUT2D eigenvalue weighted by Crippen LogP contribution is -2.12. The number of fused-ring (bicyclic) bond motifs is 3. The molecule has 0 atom stereocenters. The molecule has 4 rings (SSSR count). The number of rotatable bonds is 2. The van der Waals surface area contributed by atoms with Crippen molar-refractivity contribution in [3.8, 4) is 5.75 Å². The monoisotopic (exact) mass is 392 g/mol. The van der Waals surface area contributed by atoms with Gasteiger partial charge in [0.15, 0.2) is 5.82 Å². The molecule has 1 aliphatic rings. The minimum absolute atomic E-state index is 0.00653. The zero-order chi connectivity index (χ0) is 17.6. The second-order valence-electron chi connectivity index (χ2n) is 6.01. The van der Waals surface area contributed by atoms with Crippen molar-refractivity contribution >= 4 is 55.9 Å². The van der Waals surface area contributed by atoms with E-state index in [0.29, 0.717) is 21.8 Å². The standard InChI is InChI=1S/C18H14Cl2N2O2S/c19-11-7-9(5-6-13(11)23)8-12(20)16-21-17(24)15-10-3-1-2-4-14(10)25-18(15)22-16/h5-8,23H,1-4H2,(H,21,22,24). The smallest absolute Gasteiger partial charge is 0.260 e. The van der Waals surface area contributed by atoms with Crippen molar-refractivity contribution < 1.29 is 5.11 Å². The Balaban J connectivity index is 1.79. The number of phenols is 1. The van der Waals surface area contributed by atoms with Crippen molar-refractivity contribution in [2.45, 2.75) is 25.7 Å². The van der Waals surface area contributed by atoms with Crippen LogP contribution in [0.15, 0.2) is 23.0 Å². The highest BCUT2D eigenvalue weighted by atomic mass is 35.5. The zero-order valence-corrected chi connectivity index (χ0v) is 15.4. The summed E-state index contributed by atoms with van der Waals surface area (Å²) in [6.45, 7) is 0. The summed E-state index contributed by atoms with van der Waals surface area (Å²) in [6, 6.07) is 4.77. The van der Waals surface area contributed by atoms with Crippen LogP contribution in [0.5, 0.6) is 5.75 Å². The highest BCUT2D eigenvalue weighted by Gasteiger charge is 2.20. The van der Waals surface area contributed by atoms with Gasteiger partial charge in [0, 0.05) is 4.88 Å². The Labute approximate surface area is 157 Å². The molecule has 0 aliphatic heterocycles. The highest BCUT2D eigenvalue weighted by Crippen LogP contribution is 2.34. The molecule has 0 saturated carbocycles. The molecule has 7 heteroatoms. The van der Waals surface area contributed by atoms with Crippen LogP contribution in [-0.4, -0.2) is 15.1 Å². The maximum Gasteiger partial charge on any atom is 0.260 e. The van der Waals surface area contributed by atoms with E-state index in [1.54, 1.807) is 29.5 Å². The fourth-order valence-electron chi connectivity index (χ4n) is 3.10. The van der Waals surface area contributed by atoms with E-state index in [-0.39, 0.29) is 16.3 Å². The third kappa shape index (κ3) is 3.08. The Morgan fingerprint density at radius 3 is 2.92 bits per heavy atom. The largest absolute Gasteiger partial charge is 0.506 e. The Morgan fingerprint density at radius 2 is 2.12 bits per heavy atom. The second kappa shape index (κ2) is 6.48. The van der Waals surface area contributed by atoms with Gasteiger partial charge in [0.05, 0.1) is 15.4 Å². The van der Waals surface area contributed by atoms with Crippen LogP contribution in [0, 0.1) is 0 Å². The molecule has 0 bridgehead atoms. The van der Waals surface area contributed by atoms with E-state index in [4.69, 9.17) is 23.2 Å². The van der Waals surface area contributed by atoms with Gasteiger partial charge < -0.3 is 10.1 Å². The lowest BCUT2D eigenvalue weighted by Gasteiger charge is -2.09. The van der Waals surface area contributed by atoms with Gasteiger partial charge in [0.1, 0.15) is 10.6 Å². The third-order valence-electron chi connectivity index (χ3n) is 4.32. The molecule has 2 heterocycles. The molecular formula is C18H14Cl2N2O2S. The molecule has 4 nitrogen and oxygen atoms in total. The van der Waals surface area contributed by atoms with Crippen molar-refractivity contribution in [3.63, 3.8) is 0 Å². The van der Waals surface area contributed by atoms with Crippen molar-refractivity contribution in [1.82, 2.24) is 9.97 Å². The number of aromatic hydroxyl groups is 1. The molecule has 0 radical (unpaired) electrons. The van der Waals surface area contributed by atoms with Crippen LogP contribution in [0.3, 0.4) is 0 Å². The second-order valence-corrected chi connectivity index (χ2v) is 7.91. The number of aryl methyl sites for hydroxylation is 2. The van der Waals surface area contributed by atoms with Crippen LogP contribution in [0.4, 0.5) is 0 Å². The number of halogens is 2. The number of hydrogen-bond donors (Lipinski definition) is 2. The zero-order valence-electron chi connectivity index (χ0n) is 13.1. The summed E-state index contributed by atoms with van der Waals surface area (Å²) in [5.41, 5.74) is 1.72. The Kier molecular flexibility index (Phi) is 4.31. The number of phenolic OH excluding ortho intramolecular Hbond substituents is 1. The van der Waals surface area contributed by atoms with E-state index >= 15 is 0 Å². The molecule has 0 unspecified atom stereocenters. The first-order valence-electron chi connectivity index (χ1n) is 7.93. The molecular weight excluding hydrogens is 379 g/mol. The van der Waals surface area contributed by atoms with Crippen molar-refractivity contribution in [3.05, 3.63) is 55.4 Å². The van der Waals surface area contributed by atoms with Gasteiger partial charge in [-0.05, 0) is 55.0 Å². The van der Waals surface area contributed by atoms with Crippen LogP contribution >= 0.6 is 34.5 Å². The van der Waals surface area contributed by atoms with Crippen molar-refractivity contribution in [2.75, 3.05) is 0 Å². The van der Waals surface area contributed by atoms with E-state index in [1.165, 1.54) is 10.9 Å². The topological polar surface area (TPSA) is 66.0 Å². The quantitative estimate of drug-likeness (QED) is 0.647. The molecule has 0 amide bonds. The number of aromatic amines is 1. The Hall–Kier alpha value is -1.82. The van der Waals surface area contributed by atoms with Crippen LogP contribution in [0.1, 0.15) is 34.7 Å². The van der Waals surface area contributed by atoms with Crippen LogP contribution in [-0.2, 0) is 12.8 Å². The molecule has 2 N–H and O–H groups in total. The molecule has 3 aromatic rings. The molecule has 0 saturated heterocycles. The highest BCUT2D eigenvalue weighted by molar-refractivity contribution is 7.18. The summed E-state index contributed by atoms with van der Waals surface area (Å²) in [4.78, 5) is 21.9. The molecule has 0 fully saturated rings. The van der Waals surface area contributed by atoms with E-state index < -0.39 is 0 Å². The van der Waals surface area contributed by atoms with Crippen molar-refractivity contribution in [2.24, 2.45) is 0 Å². The number of hydrogen-bond acceptors (Lipinski definition) is 4. The number of thiophene rings is 1. The average molecular weight is 393 g/mol. The predicted octanol–water partition coefficient (Wildman–Crippen LogP) is 4.96. The molecule has 128 valence electrons. The van der Waals surface area contributed by atoms with Gasteiger partial charge >= 0.3 is 0 Å². The first kappa shape index (κ1) is 16.6. The molecule has 1 aromatic carbocycles. The van der Waals surface area contributed by atoms with E-state index in [1.807, 2.05) is 0 Å². The van der Waals surface area contributed by atoms with Gasteiger partial charge in [0.2, 0.25) is 0 Å². The minimum Gasteiger partial charge on any atom is -0.506 e. The molecule has 0 spiro atoms. The van der Waals surface area contributed by atoms with Gasteiger partial charge in [-0.2, -0.15) is 0 Å². The summed E-state index contributed by atoms with van der Waals surface area (Å²) in [5, 5.41) is 10.7. The van der Waals surface area contributed by atoms with E-state index in [0.717, 1.165) is 36.1 Å². The van der Waals surface area contributed by atoms with E-state index in [9.17, 15) is 9.90 Å². The summed E-state index contributed by atoms with van der Waals surface area (Å²) in [6.07, 6.45) is 5.88. The molecule has 2 aromatic heterocycles. The Morgan fingerprint density at radius 1 is 1.32 bits per heavy atom. The van der Waals surface area contributed by atoms with Crippen LogP contribution in [0.2, 0.25) is 5.02 Å². The maximum atomic E-state index is 12.6. The summed E-state index contributed by atoms with van der Waals surface area (Å²) in [5.74, 6) is 0.342. The minimum atomic E-state index is -0.144. The normalized spacial score (nSPS) is 14.7. The SMILES string of the molecule is O=c1[nH]c(C(Cl)=Cc2ccc(O)c(Cl)c2)nc2sc3c(c12)CCCC3. The van der Waals surface area contributed by atoms with Gasteiger partial charge in [-0.1, -0.05) is 29.3 Å². The molecule has 1 aliphatic carbocycles. The van der Waals surface area contributed by atoms with Gasteiger partial charge in [0.25, 0.3) is 5.56 Å². The average Bonchev–Trinajstić information content (AvgIpc) is 2.97.